The smallest absolute Gasteiger partial charge is 0.198 e. The van der Waals surface area contributed by atoms with Gasteiger partial charge >= 0.3 is 0 Å². The van der Waals surface area contributed by atoms with Crippen molar-refractivity contribution in [3.05, 3.63) is 65.5 Å². The Morgan fingerprint density at radius 1 is 1.22 bits per heavy atom. The van der Waals surface area contributed by atoms with Gasteiger partial charge in [-0.2, -0.15) is 0 Å². The lowest BCUT2D eigenvalue weighted by atomic mass is 10.0. The molecule has 2 atom stereocenters. The number of rotatable bonds is 5. The highest BCUT2D eigenvalue weighted by Crippen LogP contribution is 2.41. The van der Waals surface area contributed by atoms with Gasteiger partial charge in [0.15, 0.2) is 11.9 Å². The molecule has 0 bridgehead atoms. The van der Waals surface area contributed by atoms with Gasteiger partial charge in [-0.1, -0.05) is 24.3 Å². The maximum atomic E-state index is 13.0. The van der Waals surface area contributed by atoms with Crippen LogP contribution in [0.5, 0.6) is 5.75 Å². The first-order chi connectivity index (χ1) is 11.2. The van der Waals surface area contributed by atoms with Gasteiger partial charge in [0.25, 0.3) is 0 Å². The van der Waals surface area contributed by atoms with Gasteiger partial charge in [0, 0.05) is 15.9 Å². The van der Waals surface area contributed by atoms with Crippen LogP contribution in [0.1, 0.15) is 22.0 Å². The van der Waals surface area contributed by atoms with E-state index in [1.54, 1.807) is 36.4 Å². The molecule has 2 aromatic carbocycles. The number of carbonyl (C=O) groups excluding carboxylic acids is 1. The standard InChI is InChI=1S/C18H12BrFO3/c19-10-3-11-22-15-5-2-1-4-14(15)16(21)18-17(23-18)12-6-8-13(20)9-7-12/h1-2,4-9,17-18H,11H2/t17-,18-/m1/s1. The Labute approximate surface area is 141 Å². The van der Waals surface area contributed by atoms with E-state index in [0.29, 0.717) is 11.3 Å². The highest BCUT2D eigenvalue weighted by atomic mass is 79.9. The summed E-state index contributed by atoms with van der Waals surface area (Å²) in [7, 11) is 0. The number of epoxide rings is 1. The average Bonchev–Trinajstić information content (AvgIpc) is 3.36. The Hall–Kier alpha value is -2.16. The minimum Gasteiger partial charge on any atom is -0.480 e. The minimum absolute atomic E-state index is 0.151. The van der Waals surface area contributed by atoms with E-state index in [4.69, 9.17) is 9.47 Å². The van der Waals surface area contributed by atoms with Crippen LogP contribution in [0.4, 0.5) is 4.39 Å². The second-order valence-electron chi connectivity index (χ2n) is 4.95. The van der Waals surface area contributed by atoms with Gasteiger partial charge in [-0.3, -0.25) is 4.79 Å². The molecule has 0 N–H and O–H groups in total. The molecule has 0 amide bonds. The van der Waals surface area contributed by atoms with Gasteiger partial charge in [-0.25, -0.2) is 4.39 Å². The van der Waals surface area contributed by atoms with Crippen molar-refractivity contribution in [3.8, 4) is 16.5 Å². The van der Waals surface area contributed by atoms with E-state index in [0.717, 1.165) is 5.56 Å². The van der Waals surface area contributed by atoms with Crippen LogP contribution in [0.25, 0.3) is 0 Å². The zero-order valence-electron chi connectivity index (χ0n) is 12.0. The fraction of sp³-hybridized carbons (Fsp3) is 0.167. The summed E-state index contributed by atoms with van der Waals surface area (Å²) in [4.78, 5) is 15.1. The summed E-state index contributed by atoms with van der Waals surface area (Å²) in [5.74, 6) is 2.72. The second-order valence-corrected chi connectivity index (χ2v) is 5.35. The van der Waals surface area contributed by atoms with Crippen LogP contribution < -0.4 is 4.74 Å². The van der Waals surface area contributed by atoms with Crippen molar-refractivity contribution in [2.24, 2.45) is 0 Å². The SMILES string of the molecule is O=C(c1ccccc1OCC#CBr)[C@H]1O[C@@H]1c1ccc(F)cc1. The predicted molar refractivity (Wildman–Crippen MR) is 87.0 cm³/mol. The fourth-order valence-corrected chi connectivity index (χ4v) is 2.42. The molecular weight excluding hydrogens is 363 g/mol. The van der Waals surface area contributed by atoms with E-state index in [-0.39, 0.29) is 24.3 Å². The predicted octanol–water partition coefficient (Wildman–Crippen LogP) is 3.88. The molecular formula is C18H12BrFO3. The van der Waals surface area contributed by atoms with E-state index < -0.39 is 6.10 Å². The Morgan fingerprint density at radius 3 is 2.70 bits per heavy atom. The van der Waals surface area contributed by atoms with E-state index in [9.17, 15) is 9.18 Å². The van der Waals surface area contributed by atoms with E-state index in [1.807, 2.05) is 0 Å². The van der Waals surface area contributed by atoms with Crippen LogP contribution in [-0.4, -0.2) is 18.5 Å². The van der Waals surface area contributed by atoms with Gasteiger partial charge in [-0.15, -0.1) is 0 Å². The first kappa shape index (κ1) is 15.7. The van der Waals surface area contributed by atoms with Gasteiger partial charge in [-0.05, 0) is 40.6 Å². The quantitative estimate of drug-likeness (QED) is 0.452. The van der Waals surface area contributed by atoms with Crippen molar-refractivity contribution in [2.75, 3.05) is 6.61 Å². The first-order valence-corrected chi connectivity index (χ1v) is 7.75. The Kier molecular flexibility index (Phi) is 4.75. The number of ketones is 1. The number of ether oxygens (including phenoxy) is 2. The number of Topliss-reactive ketones (excluding diaryl/α,β-unsaturated/α-hetero) is 1. The topological polar surface area (TPSA) is 38.8 Å². The zero-order valence-corrected chi connectivity index (χ0v) is 13.5. The summed E-state index contributed by atoms with van der Waals surface area (Å²) in [6.07, 6.45) is -0.897. The Balaban J connectivity index is 1.74. The number of carbonyl (C=O) groups is 1. The van der Waals surface area contributed by atoms with Crippen LogP contribution in [-0.2, 0) is 4.74 Å². The molecule has 2 aromatic rings. The largest absolute Gasteiger partial charge is 0.480 e. The van der Waals surface area contributed by atoms with Crippen molar-refractivity contribution < 1.29 is 18.7 Å². The molecule has 0 spiro atoms. The molecule has 0 aromatic heterocycles. The van der Waals surface area contributed by atoms with Crippen molar-refractivity contribution in [1.82, 2.24) is 0 Å². The monoisotopic (exact) mass is 374 g/mol. The molecule has 1 aliphatic heterocycles. The highest BCUT2D eigenvalue weighted by molar-refractivity contribution is 9.12. The molecule has 116 valence electrons. The molecule has 1 fully saturated rings. The average molecular weight is 375 g/mol. The van der Waals surface area contributed by atoms with Crippen molar-refractivity contribution in [3.63, 3.8) is 0 Å². The molecule has 3 nitrogen and oxygen atoms in total. The minimum atomic E-state index is -0.563. The molecule has 1 heterocycles. The van der Waals surface area contributed by atoms with Crippen LogP contribution in [0.15, 0.2) is 48.5 Å². The van der Waals surface area contributed by atoms with Crippen LogP contribution >= 0.6 is 15.9 Å². The maximum absolute atomic E-state index is 13.0. The number of hydrogen-bond donors (Lipinski definition) is 0. The molecule has 0 aliphatic carbocycles. The number of hydrogen-bond acceptors (Lipinski definition) is 3. The maximum Gasteiger partial charge on any atom is 0.198 e. The molecule has 1 saturated heterocycles. The summed E-state index contributed by atoms with van der Waals surface area (Å²) in [6, 6.07) is 12.9. The Morgan fingerprint density at radius 2 is 1.96 bits per heavy atom. The van der Waals surface area contributed by atoms with Gasteiger partial charge in [0.1, 0.15) is 24.3 Å². The third-order valence-corrected chi connectivity index (χ3v) is 3.75. The molecule has 5 heteroatoms. The third-order valence-electron chi connectivity index (χ3n) is 3.47. The van der Waals surface area contributed by atoms with Crippen LogP contribution in [0.3, 0.4) is 0 Å². The Bertz CT molecular complexity index is 777. The fourth-order valence-electron chi connectivity index (χ4n) is 2.31. The second kappa shape index (κ2) is 6.95. The number of halogens is 2. The van der Waals surface area contributed by atoms with Crippen LogP contribution in [0, 0.1) is 16.6 Å². The number of para-hydroxylation sites is 1. The molecule has 0 unspecified atom stereocenters. The van der Waals surface area contributed by atoms with Crippen molar-refractivity contribution in [2.45, 2.75) is 12.2 Å². The third kappa shape index (κ3) is 3.61. The molecule has 0 radical (unpaired) electrons. The van der Waals surface area contributed by atoms with Crippen molar-refractivity contribution >= 4 is 21.7 Å². The van der Waals surface area contributed by atoms with Gasteiger partial charge in [0.05, 0.1) is 5.56 Å². The van der Waals surface area contributed by atoms with E-state index in [1.165, 1.54) is 12.1 Å². The first-order valence-electron chi connectivity index (χ1n) is 6.96. The molecule has 3 rings (SSSR count). The molecule has 0 saturated carbocycles. The highest BCUT2D eigenvalue weighted by Gasteiger charge is 2.46. The van der Waals surface area contributed by atoms with E-state index in [2.05, 4.69) is 26.7 Å². The lowest BCUT2D eigenvalue weighted by molar-refractivity contribution is 0.0950. The summed E-state index contributed by atoms with van der Waals surface area (Å²) in [6.45, 7) is 0.183. The zero-order chi connectivity index (χ0) is 16.2. The summed E-state index contributed by atoms with van der Waals surface area (Å²) in [5, 5.41) is 0. The van der Waals surface area contributed by atoms with Gasteiger partial charge in [0.2, 0.25) is 0 Å². The van der Waals surface area contributed by atoms with Crippen LogP contribution in [0.2, 0.25) is 0 Å². The summed E-state index contributed by atoms with van der Waals surface area (Å²) < 4.78 is 23.9. The lowest BCUT2D eigenvalue weighted by Gasteiger charge is -2.07. The molecule has 1 aliphatic rings. The van der Waals surface area contributed by atoms with Gasteiger partial charge < -0.3 is 9.47 Å². The summed E-state index contributed by atoms with van der Waals surface area (Å²) in [5.41, 5.74) is 1.24. The number of benzene rings is 2. The van der Waals surface area contributed by atoms with E-state index >= 15 is 0 Å². The molecule has 23 heavy (non-hydrogen) atoms. The normalized spacial score (nSPS) is 18.7. The van der Waals surface area contributed by atoms with Crippen molar-refractivity contribution in [1.29, 1.82) is 0 Å². The lowest BCUT2D eigenvalue weighted by Crippen LogP contribution is -2.11. The summed E-state index contributed by atoms with van der Waals surface area (Å²) >= 11 is 2.99.